The van der Waals surface area contributed by atoms with Gasteiger partial charge in [0.15, 0.2) is 5.78 Å². The second kappa shape index (κ2) is 6.39. The molecule has 22 heavy (non-hydrogen) atoms. The fourth-order valence-corrected chi connectivity index (χ4v) is 3.53. The molecule has 2 rings (SSSR count). The maximum absolute atomic E-state index is 12.4. The average Bonchev–Trinajstić information content (AvgIpc) is 2.76. The van der Waals surface area contributed by atoms with Crippen LogP contribution in [-0.2, 0) is 19.0 Å². The van der Waals surface area contributed by atoms with E-state index in [1.54, 1.807) is 26.6 Å². The smallest absolute Gasteiger partial charge is 0.160 e. The van der Waals surface area contributed by atoms with E-state index in [9.17, 15) is 4.79 Å². The Balaban J connectivity index is 2.45. The molecule has 2 aliphatic rings. The van der Waals surface area contributed by atoms with Gasteiger partial charge in [-0.25, -0.2) is 0 Å². The van der Waals surface area contributed by atoms with E-state index in [0.29, 0.717) is 6.61 Å². The summed E-state index contributed by atoms with van der Waals surface area (Å²) >= 11 is 0. The van der Waals surface area contributed by atoms with Crippen LogP contribution in [0.3, 0.4) is 0 Å². The van der Waals surface area contributed by atoms with E-state index in [1.165, 1.54) is 0 Å². The number of allylic oxidation sites excluding steroid dienone is 4. The number of carbonyl (C=O) groups excluding carboxylic acids is 1. The molecular formula is C18H26O4. The standard InChI is InChI=1S/C18H26O4/c1-13-6-7-18(8-9-20-4)14(2)15(19)10-16(18)17(13,3)11-22-12-21-5/h6-10,13-14H,11-12H2,1-5H3/b9-8+/t13-,14+,17-,18-/m0/s1. The second-order valence-electron chi connectivity index (χ2n) is 6.47. The Morgan fingerprint density at radius 1 is 1.32 bits per heavy atom. The Kier molecular flexibility index (Phi) is 4.93. The predicted molar refractivity (Wildman–Crippen MR) is 85.1 cm³/mol. The molecule has 0 fully saturated rings. The van der Waals surface area contributed by atoms with Crippen molar-refractivity contribution in [2.24, 2.45) is 22.7 Å². The summed E-state index contributed by atoms with van der Waals surface area (Å²) in [5, 5.41) is 0. The molecule has 0 aromatic heterocycles. The first-order valence-electron chi connectivity index (χ1n) is 7.65. The zero-order valence-corrected chi connectivity index (χ0v) is 14.1. The molecule has 0 aliphatic heterocycles. The number of rotatable bonds is 6. The molecular weight excluding hydrogens is 280 g/mol. The van der Waals surface area contributed by atoms with Gasteiger partial charge in [0.25, 0.3) is 0 Å². The van der Waals surface area contributed by atoms with Crippen molar-refractivity contribution in [2.75, 3.05) is 27.6 Å². The maximum Gasteiger partial charge on any atom is 0.160 e. The van der Waals surface area contributed by atoms with Crippen LogP contribution in [0.2, 0.25) is 0 Å². The monoisotopic (exact) mass is 306 g/mol. The molecule has 4 heteroatoms. The highest BCUT2D eigenvalue weighted by atomic mass is 16.7. The number of ketones is 1. The van der Waals surface area contributed by atoms with E-state index in [0.717, 1.165) is 5.57 Å². The zero-order chi connectivity index (χ0) is 16.4. The van der Waals surface area contributed by atoms with Gasteiger partial charge in [-0.05, 0) is 23.6 Å². The van der Waals surface area contributed by atoms with Crippen molar-refractivity contribution in [2.45, 2.75) is 20.8 Å². The fraction of sp³-hybridized carbons (Fsp3) is 0.611. The molecule has 0 heterocycles. The van der Waals surface area contributed by atoms with Crippen molar-refractivity contribution >= 4 is 5.78 Å². The normalized spacial score (nSPS) is 37.5. The molecule has 4 nitrogen and oxygen atoms in total. The Morgan fingerprint density at radius 3 is 2.68 bits per heavy atom. The number of hydrogen-bond acceptors (Lipinski definition) is 4. The van der Waals surface area contributed by atoms with Crippen LogP contribution < -0.4 is 0 Å². The van der Waals surface area contributed by atoms with Crippen LogP contribution in [-0.4, -0.2) is 33.4 Å². The lowest BCUT2D eigenvalue weighted by Gasteiger charge is -2.47. The van der Waals surface area contributed by atoms with Crippen molar-refractivity contribution in [3.8, 4) is 0 Å². The topological polar surface area (TPSA) is 44.8 Å². The number of carbonyl (C=O) groups is 1. The fourth-order valence-electron chi connectivity index (χ4n) is 3.53. The molecule has 0 aromatic carbocycles. The van der Waals surface area contributed by atoms with Crippen LogP contribution in [0.4, 0.5) is 0 Å². The third kappa shape index (κ3) is 2.55. The minimum Gasteiger partial charge on any atom is -0.505 e. The van der Waals surface area contributed by atoms with Gasteiger partial charge in [0.05, 0.1) is 20.0 Å². The van der Waals surface area contributed by atoms with Crippen LogP contribution in [0.25, 0.3) is 0 Å². The number of hydrogen-bond donors (Lipinski definition) is 0. The van der Waals surface area contributed by atoms with E-state index in [1.807, 2.05) is 13.0 Å². The molecule has 0 amide bonds. The van der Waals surface area contributed by atoms with E-state index in [4.69, 9.17) is 14.2 Å². The van der Waals surface area contributed by atoms with Crippen molar-refractivity contribution < 1.29 is 19.0 Å². The summed E-state index contributed by atoms with van der Waals surface area (Å²) in [5.74, 6) is 0.310. The summed E-state index contributed by atoms with van der Waals surface area (Å²) in [6.45, 7) is 7.06. The molecule has 0 radical (unpaired) electrons. The summed E-state index contributed by atoms with van der Waals surface area (Å²) in [6.07, 6.45) is 9.79. The molecule has 4 atom stereocenters. The largest absolute Gasteiger partial charge is 0.505 e. The Morgan fingerprint density at radius 2 is 2.05 bits per heavy atom. The molecule has 0 saturated carbocycles. The second-order valence-corrected chi connectivity index (χ2v) is 6.47. The molecule has 0 bridgehead atoms. The van der Waals surface area contributed by atoms with Gasteiger partial charge in [0, 0.05) is 23.9 Å². The summed E-state index contributed by atoms with van der Waals surface area (Å²) in [6, 6.07) is 0. The van der Waals surface area contributed by atoms with Crippen LogP contribution >= 0.6 is 0 Å². The van der Waals surface area contributed by atoms with Crippen molar-refractivity contribution in [1.82, 2.24) is 0 Å². The van der Waals surface area contributed by atoms with Gasteiger partial charge in [-0.1, -0.05) is 32.9 Å². The molecule has 0 N–H and O–H groups in total. The lowest BCUT2D eigenvalue weighted by Crippen LogP contribution is -2.42. The minimum atomic E-state index is -0.412. The number of methoxy groups -OCH3 is 2. The van der Waals surface area contributed by atoms with E-state index < -0.39 is 5.41 Å². The molecule has 0 unspecified atom stereocenters. The van der Waals surface area contributed by atoms with E-state index in [2.05, 4.69) is 26.0 Å². The zero-order valence-electron chi connectivity index (χ0n) is 14.1. The average molecular weight is 306 g/mol. The van der Waals surface area contributed by atoms with Crippen molar-refractivity contribution in [3.63, 3.8) is 0 Å². The summed E-state index contributed by atoms with van der Waals surface area (Å²) in [5.41, 5.74) is 0.452. The molecule has 122 valence electrons. The quantitative estimate of drug-likeness (QED) is 0.327. The van der Waals surface area contributed by atoms with Gasteiger partial charge in [-0.3, -0.25) is 4.79 Å². The van der Waals surface area contributed by atoms with Crippen molar-refractivity contribution in [1.29, 1.82) is 0 Å². The lowest BCUT2D eigenvalue weighted by atomic mass is 9.57. The van der Waals surface area contributed by atoms with Crippen LogP contribution in [0.1, 0.15) is 20.8 Å². The predicted octanol–water partition coefficient (Wildman–Crippen LogP) is 3.11. The summed E-state index contributed by atoms with van der Waals surface area (Å²) in [4.78, 5) is 12.4. The molecule has 0 spiro atoms. The lowest BCUT2D eigenvalue weighted by molar-refractivity contribution is -0.118. The molecule has 2 aliphatic carbocycles. The highest BCUT2D eigenvalue weighted by Gasteiger charge is 2.54. The number of ether oxygens (including phenoxy) is 3. The van der Waals surface area contributed by atoms with Gasteiger partial charge >= 0.3 is 0 Å². The minimum absolute atomic E-state index is 0.126. The molecule has 0 saturated heterocycles. The van der Waals surface area contributed by atoms with E-state index in [-0.39, 0.29) is 29.8 Å². The Labute approximate surface area is 132 Å². The SMILES string of the molecule is CO/C=C/[C@]12C=C[C@H](C)[C@](C)(COCOC)C1=CC(=O)[C@H]2C. The van der Waals surface area contributed by atoms with Crippen LogP contribution in [0.15, 0.2) is 36.1 Å². The third-order valence-corrected chi connectivity index (χ3v) is 5.26. The van der Waals surface area contributed by atoms with Gasteiger partial charge < -0.3 is 14.2 Å². The summed E-state index contributed by atoms with van der Waals surface area (Å²) in [7, 11) is 3.23. The highest BCUT2D eigenvalue weighted by Crippen LogP contribution is 2.57. The van der Waals surface area contributed by atoms with Gasteiger partial charge in [0.2, 0.25) is 0 Å². The molecule has 0 aromatic rings. The van der Waals surface area contributed by atoms with Gasteiger partial charge in [-0.2, -0.15) is 0 Å². The summed E-state index contributed by atoms with van der Waals surface area (Å²) < 4.78 is 15.8. The van der Waals surface area contributed by atoms with E-state index >= 15 is 0 Å². The Bertz CT molecular complexity index is 519. The van der Waals surface area contributed by atoms with Crippen molar-refractivity contribution in [3.05, 3.63) is 36.1 Å². The third-order valence-electron chi connectivity index (χ3n) is 5.26. The maximum atomic E-state index is 12.4. The first-order chi connectivity index (χ1) is 10.4. The van der Waals surface area contributed by atoms with Gasteiger partial charge in [-0.15, -0.1) is 0 Å². The highest BCUT2D eigenvalue weighted by molar-refractivity contribution is 5.98. The van der Waals surface area contributed by atoms with Gasteiger partial charge in [0.1, 0.15) is 6.79 Å². The first kappa shape index (κ1) is 17.0. The number of fused-ring (bicyclic) bond motifs is 1. The Hall–Kier alpha value is -1.39. The van der Waals surface area contributed by atoms with Crippen LogP contribution in [0.5, 0.6) is 0 Å². The first-order valence-corrected chi connectivity index (χ1v) is 7.65. The van der Waals surface area contributed by atoms with Crippen LogP contribution in [0, 0.1) is 22.7 Å².